The summed E-state index contributed by atoms with van der Waals surface area (Å²) in [6.07, 6.45) is -1.87. The summed E-state index contributed by atoms with van der Waals surface area (Å²) in [7, 11) is 0. The molecule has 1 saturated heterocycles. The van der Waals surface area contributed by atoms with Crippen molar-refractivity contribution in [3.05, 3.63) is 40.8 Å². The van der Waals surface area contributed by atoms with Crippen molar-refractivity contribution in [3.63, 3.8) is 0 Å². The van der Waals surface area contributed by atoms with Crippen LogP contribution in [0.1, 0.15) is 36.3 Å². The van der Waals surface area contributed by atoms with Gasteiger partial charge >= 0.3 is 6.18 Å². The molecule has 166 valence electrons. The summed E-state index contributed by atoms with van der Waals surface area (Å²) in [5.41, 5.74) is -0.840. The summed E-state index contributed by atoms with van der Waals surface area (Å²) in [6.45, 7) is 4.22. The number of rotatable bonds is 5. The van der Waals surface area contributed by atoms with Crippen LogP contribution >= 0.6 is 11.6 Å². The van der Waals surface area contributed by atoms with Gasteiger partial charge in [0.05, 0.1) is 10.6 Å². The Kier molecular flexibility index (Phi) is 6.63. The Morgan fingerprint density at radius 1 is 1.29 bits per heavy atom. The molecular formula is C19H20ClF3N6O2. The highest BCUT2D eigenvalue weighted by atomic mass is 35.5. The maximum atomic E-state index is 12.8. The summed E-state index contributed by atoms with van der Waals surface area (Å²) >= 11 is 6.00. The van der Waals surface area contributed by atoms with E-state index < -0.39 is 17.6 Å². The Morgan fingerprint density at radius 2 is 2.03 bits per heavy atom. The van der Waals surface area contributed by atoms with E-state index in [4.69, 9.17) is 11.6 Å². The van der Waals surface area contributed by atoms with Gasteiger partial charge in [0.15, 0.2) is 0 Å². The van der Waals surface area contributed by atoms with Crippen LogP contribution in [0, 0.1) is 5.92 Å². The van der Waals surface area contributed by atoms with E-state index in [1.807, 2.05) is 0 Å². The summed E-state index contributed by atoms with van der Waals surface area (Å²) in [4.78, 5) is 37.9. The third-order valence-corrected chi connectivity index (χ3v) is 4.90. The molecule has 2 N–H and O–H groups in total. The molecule has 8 nitrogen and oxygen atoms in total. The number of pyridine rings is 1. The molecule has 0 radical (unpaired) electrons. The first-order valence-electron chi connectivity index (χ1n) is 9.47. The Morgan fingerprint density at radius 3 is 2.68 bits per heavy atom. The highest BCUT2D eigenvalue weighted by molar-refractivity contribution is 6.33. The van der Waals surface area contributed by atoms with Crippen molar-refractivity contribution in [1.82, 2.24) is 20.3 Å². The highest BCUT2D eigenvalue weighted by Gasteiger charge is 2.33. The second kappa shape index (κ2) is 9.04. The van der Waals surface area contributed by atoms with Crippen LogP contribution in [0.2, 0.25) is 5.02 Å². The number of nitrogens with zero attached hydrogens (tertiary/aromatic N) is 4. The van der Waals surface area contributed by atoms with E-state index in [1.165, 1.54) is 12.3 Å². The van der Waals surface area contributed by atoms with E-state index in [0.29, 0.717) is 19.5 Å². The van der Waals surface area contributed by atoms with Gasteiger partial charge in [-0.15, -0.1) is 0 Å². The largest absolute Gasteiger partial charge is 0.417 e. The molecule has 12 heteroatoms. The van der Waals surface area contributed by atoms with Crippen LogP contribution in [0.3, 0.4) is 0 Å². The highest BCUT2D eigenvalue weighted by Crippen LogP contribution is 2.34. The van der Waals surface area contributed by atoms with Gasteiger partial charge in [-0.05, 0) is 18.6 Å². The van der Waals surface area contributed by atoms with Crippen LogP contribution in [0.5, 0.6) is 0 Å². The zero-order chi connectivity index (χ0) is 22.8. The zero-order valence-electron chi connectivity index (χ0n) is 16.7. The van der Waals surface area contributed by atoms with Crippen molar-refractivity contribution in [1.29, 1.82) is 0 Å². The van der Waals surface area contributed by atoms with Crippen molar-refractivity contribution < 1.29 is 22.8 Å². The molecule has 2 aromatic rings. The monoisotopic (exact) mass is 456 g/mol. The van der Waals surface area contributed by atoms with Gasteiger partial charge in [-0.2, -0.15) is 13.2 Å². The van der Waals surface area contributed by atoms with Gasteiger partial charge in [0, 0.05) is 37.4 Å². The number of anilines is 2. The molecule has 31 heavy (non-hydrogen) atoms. The average Bonchev–Trinajstić information content (AvgIpc) is 3.15. The number of amides is 2. The average molecular weight is 457 g/mol. The summed E-state index contributed by atoms with van der Waals surface area (Å²) < 4.78 is 38.4. The SMILES string of the molecule is CC(C)C(=O)Nc1nccc(C(=O)N[C@H]2CCN(c3ncc(C(F)(F)F)cc3Cl)C2)n1. The van der Waals surface area contributed by atoms with E-state index in [0.717, 1.165) is 12.3 Å². The van der Waals surface area contributed by atoms with Crippen LogP contribution in [-0.4, -0.2) is 45.9 Å². The van der Waals surface area contributed by atoms with Gasteiger partial charge in [0.2, 0.25) is 11.9 Å². The third kappa shape index (κ3) is 5.60. The Labute approximate surface area is 181 Å². The first-order chi connectivity index (χ1) is 14.5. The van der Waals surface area contributed by atoms with Crippen LogP contribution in [-0.2, 0) is 11.0 Å². The molecule has 2 aromatic heterocycles. The number of hydrogen-bond donors (Lipinski definition) is 2. The minimum atomic E-state index is -4.53. The molecule has 3 heterocycles. The molecule has 0 unspecified atom stereocenters. The second-order valence-electron chi connectivity index (χ2n) is 7.34. The number of halogens is 4. The minimum absolute atomic E-state index is 0.0279. The van der Waals surface area contributed by atoms with Crippen molar-refractivity contribution in [2.45, 2.75) is 32.5 Å². The molecule has 2 amide bonds. The van der Waals surface area contributed by atoms with Gasteiger partial charge in [0.1, 0.15) is 11.5 Å². The molecule has 0 spiro atoms. The fourth-order valence-electron chi connectivity index (χ4n) is 2.95. The molecule has 1 aliphatic heterocycles. The van der Waals surface area contributed by atoms with Crippen molar-refractivity contribution in [3.8, 4) is 0 Å². The number of carbonyl (C=O) groups excluding carboxylic acids is 2. The van der Waals surface area contributed by atoms with Crippen LogP contribution in [0.4, 0.5) is 24.9 Å². The lowest BCUT2D eigenvalue weighted by atomic mass is 10.2. The topological polar surface area (TPSA) is 100 Å². The number of alkyl halides is 3. The van der Waals surface area contributed by atoms with E-state index in [9.17, 15) is 22.8 Å². The number of nitrogens with one attached hydrogen (secondary N) is 2. The van der Waals surface area contributed by atoms with Gasteiger partial charge in [-0.1, -0.05) is 25.4 Å². The van der Waals surface area contributed by atoms with Crippen LogP contribution < -0.4 is 15.5 Å². The number of carbonyl (C=O) groups is 2. The molecule has 0 aliphatic carbocycles. The number of aromatic nitrogens is 3. The van der Waals surface area contributed by atoms with E-state index in [2.05, 4.69) is 25.6 Å². The first-order valence-corrected chi connectivity index (χ1v) is 9.85. The van der Waals surface area contributed by atoms with E-state index in [1.54, 1.807) is 18.7 Å². The predicted octanol–water partition coefficient (Wildman–Crippen LogP) is 3.15. The lowest BCUT2D eigenvalue weighted by molar-refractivity contribution is -0.137. The van der Waals surface area contributed by atoms with Gasteiger partial charge in [-0.25, -0.2) is 15.0 Å². The fraction of sp³-hybridized carbons (Fsp3) is 0.421. The lowest BCUT2D eigenvalue weighted by Gasteiger charge is -2.20. The van der Waals surface area contributed by atoms with Gasteiger partial charge in [0.25, 0.3) is 5.91 Å². The molecule has 1 atom stereocenters. The summed E-state index contributed by atoms with van der Waals surface area (Å²) in [6, 6.07) is 1.97. The Balaban J connectivity index is 1.63. The maximum absolute atomic E-state index is 12.8. The maximum Gasteiger partial charge on any atom is 0.417 e. The standard InChI is InChI=1S/C19H20ClF3N6O2/c1-10(2)16(30)28-18-24-5-3-14(27-18)17(31)26-12-4-6-29(9-12)15-13(20)7-11(8-25-15)19(21,22)23/h3,5,7-8,10,12H,4,6,9H2,1-2H3,(H,26,31)(H,24,27,28,30)/t12-/m0/s1. The van der Waals surface area contributed by atoms with Crippen LogP contribution in [0.25, 0.3) is 0 Å². The predicted molar refractivity (Wildman–Crippen MR) is 108 cm³/mol. The second-order valence-corrected chi connectivity index (χ2v) is 7.75. The zero-order valence-corrected chi connectivity index (χ0v) is 17.5. The van der Waals surface area contributed by atoms with E-state index in [-0.39, 0.29) is 40.3 Å². The van der Waals surface area contributed by atoms with Crippen molar-refractivity contribution >= 4 is 35.2 Å². The van der Waals surface area contributed by atoms with Crippen molar-refractivity contribution in [2.24, 2.45) is 5.92 Å². The summed E-state index contributed by atoms with van der Waals surface area (Å²) in [5, 5.41) is 5.24. The minimum Gasteiger partial charge on any atom is -0.353 e. The fourth-order valence-corrected chi connectivity index (χ4v) is 3.23. The lowest BCUT2D eigenvalue weighted by Crippen LogP contribution is -2.37. The molecule has 1 fully saturated rings. The molecule has 3 rings (SSSR count). The summed E-state index contributed by atoms with van der Waals surface area (Å²) in [5.74, 6) is -0.742. The van der Waals surface area contributed by atoms with Gasteiger partial charge in [-0.3, -0.25) is 14.9 Å². The normalized spacial score (nSPS) is 16.5. The van der Waals surface area contributed by atoms with Crippen LogP contribution in [0.15, 0.2) is 24.5 Å². The Hall–Kier alpha value is -2.95. The molecule has 0 saturated carbocycles. The van der Waals surface area contributed by atoms with E-state index >= 15 is 0 Å². The van der Waals surface area contributed by atoms with Crippen molar-refractivity contribution in [2.75, 3.05) is 23.3 Å². The number of hydrogen-bond acceptors (Lipinski definition) is 6. The third-order valence-electron chi connectivity index (χ3n) is 4.62. The smallest absolute Gasteiger partial charge is 0.353 e. The van der Waals surface area contributed by atoms with Gasteiger partial charge < -0.3 is 10.2 Å². The quantitative estimate of drug-likeness (QED) is 0.717. The first kappa shape index (κ1) is 22.7. The molecule has 1 aliphatic rings. The molecule has 0 aromatic carbocycles. The molecular weight excluding hydrogens is 437 g/mol. The Bertz CT molecular complexity index is 985. The molecule has 0 bridgehead atoms.